The van der Waals surface area contributed by atoms with Crippen LogP contribution in [0.5, 0.6) is 0 Å². The van der Waals surface area contributed by atoms with Crippen LogP contribution in [0, 0.1) is 6.92 Å². The van der Waals surface area contributed by atoms with Crippen molar-refractivity contribution in [2.24, 2.45) is 5.84 Å². The fourth-order valence-electron chi connectivity index (χ4n) is 1.62. The normalized spacial score (nSPS) is 10.4. The molecule has 20 heavy (non-hydrogen) atoms. The maximum Gasteiger partial charge on any atom is 0.242 e. The Kier molecular flexibility index (Phi) is 4.75. The predicted molar refractivity (Wildman–Crippen MR) is 82.7 cm³/mol. The molecule has 106 valence electrons. The van der Waals surface area contributed by atoms with Gasteiger partial charge in [0.2, 0.25) is 11.9 Å². The van der Waals surface area contributed by atoms with E-state index in [1.807, 2.05) is 19.0 Å². The van der Waals surface area contributed by atoms with Crippen LogP contribution < -0.4 is 16.2 Å². The number of nitrogen functional groups attached to an aromatic ring is 1. The van der Waals surface area contributed by atoms with E-state index in [0.717, 1.165) is 5.75 Å². The molecule has 0 saturated heterocycles. The number of hydrazine groups is 1. The second-order valence-electron chi connectivity index (χ2n) is 4.56. The van der Waals surface area contributed by atoms with E-state index in [-0.39, 0.29) is 0 Å². The van der Waals surface area contributed by atoms with Crippen LogP contribution in [0.3, 0.4) is 0 Å². The van der Waals surface area contributed by atoms with E-state index in [1.165, 1.54) is 11.1 Å². The van der Waals surface area contributed by atoms with E-state index in [0.29, 0.717) is 17.1 Å². The van der Waals surface area contributed by atoms with Crippen molar-refractivity contribution in [3.8, 4) is 0 Å². The number of aryl methyl sites for hydroxylation is 1. The van der Waals surface area contributed by atoms with Gasteiger partial charge in [-0.15, -0.1) is 0 Å². The van der Waals surface area contributed by atoms with Crippen LogP contribution in [0.2, 0.25) is 0 Å². The number of hydrogen-bond donors (Lipinski definition) is 2. The van der Waals surface area contributed by atoms with Crippen LogP contribution in [0.4, 0.5) is 11.9 Å². The first-order valence-electron chi connectivity index (χ1n) is 6.17. The topological polar surface area (TPSA) is 80.0 Å². The highest BCUT2D eigenvalue weighted by atomic mass is 32.2. The third kappa shape index (κ3) is 3.82. The predicted octanol–water partition coefficient (Wildman–Crippen LogP) is 1.82. The second kappa shape index (κ2) is 6.53. The van der Waals surface area contributed by atoms with E-state index in [2.05, 4.69) is 51.6 Å². The van der Waals surface area contributed by atoms with Gasteiger partial charge in [-0.05, 0) is 12.5 Å². The summed E-state index contributed by atoms with van der Waals surface area (Å²) in [4.78, 5) is 14.6. The average Bonchev–Trinajstić information content (AvgIpc) is 2.45. The van der Waals surface area contributed by atoms with Gasteiger partial charge in [0.25, 0.3) is 0 Å². The van der Waals surface area contributed by atoms with E-state index < -0.39 is 0 Å². The zero-order chi connectivity index (χ0) is 14.5. The smallest absolute Gasteiger partial charge is 0.242 e. The summed E-state index contributed by atoms with van der Waals surface area (Å²) >= 11 is 1.56. The summed E-state index contributed by atoms with van der Waals surface area (Å²) in [5, 5.41) is 0.651. The lowest BCUT2D eigenvalue weighted by Gasteiger charge is -2.12. The number of hydrogen-bond acceptors (Lipinski definition) is 7. The van der Waals surface area contributed by atoms with Crippen molar-refractivity contribution in [1.29, 1.82) is 0 Å². The molecule has 2 aromatic rings. The van der Waals surface area contributed by atoms with Crippen molar-refractivity contribution in [2.45, 2.75) is 17.8 Å². The molecule has 2 rings (SSSR count). The first kappa shape index (κ1) is 14.5. The number of nitrogens with one attached hydrogen (secondary N) is 1. The van der Waals surface area contributed by atoms with Crippen LogP contribution in [-0.4, -0.2) is 29.0 Å². The first-order chi connectivity index (χ1) is 9.58. The lowest BCUT2D eigenvalue weighted by Crippen LogP contribution is -2.17. The summed E-state index contributed by atoms with van der Waals surface area (Å²) in [7, 11) is 3.76. The molecule has 0 aliphatic rings. The Labute approximate surface area is 122 Å². The molecule has 1 heterocycles. The minimum Gasteiger partial charge on any atom is -0.347 e. The minimum absolute atomic E-state index is 0.371. The zero-order valence-electron chi connectivity index (χ0n) is 11.8. The molecule has 0 aliphatic carbocycles. The van der Waals surface area contributed by atoms with Crippen molar-refractivity contribution < 1.29 is 0 Å². The van der Waals surface area contributed by atoms with Gasteiger partial charge in [-0.2, -0.15) is 15.0 Å². The minimum atomic E-state index is 0.371. The molecule has 0 radical (unpaired) electrons. The van der Waals surface area contributed by atoms with Crippen LogP contribution in [0.1, 0.15) is 11.1 Å². The van der Waals surface area contributed by atoms with Gasteiger partial charge in [-0.1, -0.05) is 41.6 Å². The summed E-state index contributed by atoms with van der Waals surface area (Å²) in [5.74, 6) is 7.15. The highest BCUT2D eigenvalue weighted by molar-refractivity contribution is 7.98. The molecule has 0 atom stereocenters. The summed E-state index contributed by atoms with van der Waals surface area (Å²) in [5.41, 5.74) is 4.95. The van der Waals surface area contributed by atoms with E-state index >= 15 is 0 Å². The monoisotopic (exact) mass is 290 g/mol. The molecule has 7 heteroatoms. The number of anilines is 2. The third-order valence-electron chi connectivity index (χ3n) is 2.58. The van der Waals surface area contributed by atoms with Gasteiger partial charge < -0.3 is 4.90 Å². The molecule has 1 aromatic heterocycles. The molecule has 1 aromatic carbocycles. The van der Waals surface area contributed by atoms with Gasteiger partial charge in [0.05, 0.1) is 0 Å². The Morgan fingerprint density at radius 3 is 2.70 bits per heavy atom. The van der Waals surface area contributed by atoms with Crippen LogP contribution >= 0.6 is 11.8 Å². The molecular weight excluding hydrogens is 272 g/mol. The summed E-state index contributed by atoms with van der Waals surface area (Å²) < 4.78 is 0. The summed E-state index contributed by atoms with van der Waals surface area (Å²) in [6.45, 7) is 2.08. The Balaban J connectivity index is 2.14. The molecule has 0 fully saturated rings. The first-order valence-corrected chi connectivity index (χ1v) is 7.15. The van der Waals surface area contributed by atoms with Gasteiger partial charge in [0.15, 0.2) is 5.16 Å². The molecule has 0 bridgehead atoms. The van der Waals surface area contributed by atoms with Crippen LogP contribution in [-0.2, 0) is 5.75 Å². The van der Waals surface area contributed by atoms with Gasteiger partial charge in [-0.3, -0.25) is 5.43 Å². The lowest BCUT2D eigenvalue weighted by atomic mass is 10.2. The molecule has 0 unspecified atom stereocenters. The molecule has 3 N–H and O–H groups in total. The standard InChI is InChI=1S/C13H18N6S/c1-9-5-4-6-10(7-9)8-20-13-16-11(18-14)15-12(17-13)19(2)3/h4-7H,8,14H2,1-3H3,(H,15,16,17,18). The van der Waals surface area contributed by atoms with E-state index in [1.54, 1.807) is 11.8 Å². The fraction of sp³-hybridized carbons (Fsp3) is 0.308. The number of nitrogens with zero attached hydrogens (tertiary/aromatic N) is 4. The highest BCUT2D eigenvalue weighted by Crippen LogP contribution is 2.22. The maximum absolute atomic E-state index is 5.38. The zero-order valence-corrected chi connectivity index (χ0v) is 12.6. The van der Waals surface area contributed by atoms with E-state index in [9.17, 15) is 0 Å². The van der Waals surface area contributed by atoms with Gasteiger partial charge >= 0.3 is 0 Å². The number of thioether (sulfide) groups is 1. The number of nitrogens with two attached hydrogens (primary N) is 1. The van der Waals surface area contributed by atoms with Gasteiger partial charge in [-0.25, -0.2) is 5.84 Å². The number of rotatable bonds is 5. The SMILES string of the molecule is Cc1cccc(CSc2nc(NN)nc(N(C)C)n2)c1. The summed E-state index contributed by atoms with van der Waals surface area (Å²) in [6.07, 6.45) is 0. The second-order valence-corrected chi connectivity index (χ2v) is 5.50. The Hall–Kier alpha value is -1.86. The van der Waals surface area contributed by atoms with Gasteiger partial charge in [0.1, 0.15) is 0 Å². The molecule has 0 amide bonds. The summed E-state index contributed by atoms with van der Waals surface area (Å²) in [6, 6.07) is 8.38. The Bertz CT molecular complexity index is 587. The number of aromatic nitrogens is 3. The average molecular weight is 290 g/mol. The molecule has 0 spiro atoms. The van der Waals surface area contributed by atoms with Crippen molar-refractivity contribution in [3.05, 3.63) is 35.4 Å². The lowest BCUT2D eigenvalue weighted by molar-refractivity contribution is 0.865. The van der Waals surface area contributed by atoms with E-state index in [4.69, 9.17) is 5.84 Å². The van der Waals surface area contributed by atoms with Crippen LogP contribution in [0.25, 0.3) is 0 Å². The quantitative estimate of drug-likeness (QED) is 0.494. The highest BCUT2D eigenvalue weighted by Gasteiger charge is 2.08. The van der Waals surface area contributed by atoms with Gasteiger partial charge in [0, 0.05) is 19.8 Å². The molecule has 0 saturated carbocycles. The third-order valence-corrected chi connectivity index (χ3v) is 3.50. The van der Waals surface area contributed by atoms with Crippen LogP contribution in [0.15, 0.2) is 29.4 Å². The van der Waals surface area contributed by atoms with Crippen molar-refractivity contribution in [2.75, 3.05) is 24.4 Å². The largest absolute Gasteiger partial charge is 0.347 e. The Morgan fingerprint density at radius 1 is 1.25 bits per heavy atom. The fourth-order valence-corrected chi connectivity index (χ4v) is 2.40. The molecular formula is C13H18N6S. The van der Waals surface area contributed by atoms with Crippen molar-refractivity contribution in [3.63, 3.8) is 0 Å². The number of benzene rings is 1. The maximum atomic E-state index is 5.38. The Morgan fingerprint density at radius 2 is 2.05 bits per heavy atom. The molecule has 6 nitrogen and oxygen atoms in total. The molecule has 0 aliphatic heterocycles. The van der Waals surface area contributed by atoms with Crippen molar-refractivity contribution in [1.82, 2.24) is 15.0 Å². The van der Waals surface area contributed by atoms with Crippen molar-refractivity contribution >= 4 is 23.7 Å².